The number of carbonyl (C=O) groups is 1. The van der Waals surface area contributed by atoms with Gasteiger partial charge in [0.05, 0.1) is 17.8 Å². The zero-order valence-corrected chi connectivity index (χ0v) is 10.7. The number of nitrogens with zero attached hydrogens (tertiary/aromatic N) is 3. The highest BCUT2D eigenvalue weighted by Crippen LogP contribution is 2.20. The molecule has 0 amide bonds. The first-order valence-electron chi connectivity index (χ1n) is 6.20. The Morgan fingerprint density at radius 2 is 2.05 bits per heavy atom. The summed E-state index contributed by atoms with van der Waals surface area (Å²) in [5.74, 6) is 0.698. The maximum atomic E-state index is 10.9. The lowest BCUT2D eigenvalue weighted by Gasteiger charge is -2.08. The van der Waals surface area contributed by atoms with Crippen LogP contribution < -0.4 is 5.32 Å². The van der Waals surface area contributed by atoms with Crippen LogP contribution in [0.25, 0.3) is 10.9 Å². The van der Waals surface area contributed by atoms with Gasteiger partial charge in [-0.3, -0.25) is 9.78 Å². The van der Waals surface area contributed by atoms with E-state index in [2.05, 4.69) is 20.3 Å². The Morgan fingerprint density at radius 1 is 1.10 bits per heavy atom. The first kappa shape index (κ1) is 12.2. The van der Waals surface area contributed by atoms with Gasteiger partial charge in [-0.05, 0) is 30.3 Å². The van der Waals surface area contributed by atoms with Crippen molar-refractivity contribution in [3.8, 4) is 0 Å². The molecule has 0 aliphatic rings. The van der Waals surface area contributed by atoms with Crippen LogP contribution in [-0.2, 0) is 6.54 Å². The monoisotopic (exact) mass is 264 g/mol. The number of anilines is 1. The maximum Gasteiger partial charge on any atom is 0.150 e. The van der Waals surface area contributed by atoms with E-state index in [-0.39, 0.29) is 0 Å². The molecule has 0 saturated carbocycles. The first-order chi connectivity index (χ1) is 9.86. The molecule has 20 heavy (non-hydrogen) atoms. The Morgan fingerprint density at radius 3 is 2.85 bits per heavy atom. The highest BCUT2D eigenvalue weighted by molar-refractivity contribution is 5.93. The molecule has 0 spiro atoms. The van der Waals surface area contributed by atoms with E-state index >= 15 is 0 Å². The second-order valence-electron chi connectivity index (χ2n) is 4.29. The van der Waals surface area contributed by atoms with E-state index in [0.29, 0.717) is 17.9 Å². The molecule has 0 bridgehead atoms. The van der Waals surface area contributed by atoms with E-state index < -0.39 is 0 Å². The Labute approximate surface area is 115 Å². The molecule has 0 atom stereocenters. The fourth-order valence-corrected chi connectivity index (χ4v) is 1.97. The third-order valence-corrected chi connectivity index (χ3v) is 2.96. The predicted octanol–water partition coefficient (Wildman–Crippen LogP) is 2.45. The SMILES string of the molecule is O=Cc1ccc2ncnc(NCc3ccccn3)c2c1. The first-order valence-corrected chi connectivity index (χ1v) is 6.20. The van der Waals surface area contributed by atoms with Gasteiger partial charge >= 0.3 is 0 Å². The van der Waals surface area contributed by atoms with Crippen LogP contribution >= 0.6 is 0 Å². The summed E-state index contributed by atoms with van der Waals surface area (Å²) in [5.41, 5.74) is 2.33. The Balaban J connectivity index is 1.92. The highest BCUT2D eigenvalue weighted by Gasteiger charge is 2.04. The highest BCUT2D eigenvalue weighted by atomic mass is 16.1. The van der Waals surface area contributed by atoms with Crippen molar-refractivity contribution in [2.45, 2.75) is 6.54 Å². The molecule has 0 saturated heterocycles. The van der Waals surface area contributed by atoms with Gasteiger partial charge in [-0.1, -0.05) is 6.07 Å². The van der Waals surface area contributed by atoms with Crippen LogP contribution in [0.4, 0.5) is 5.82 Å². The fraction of sp³-hybridized carbons (Fsp3) is 0.0667. The molecule has 2 heterocycles. The van der Waals surface area contributed by atoms with E-state index in [0.717, 1.165) is 22.9 Å². The average Bonchev–Trinajstić information content (AvgIpc) is 2.53. The predicted molar refractivity (Wildman–Crippen MR) is 76.5 cm³/mol. The fourth-order valence-electron chi connectivity index (χ4n) is 1.97. The molecule has 3 aromatic rings. The van der Waals surface area contributed by atoms with E-state index in [9.17, 15) is 4.79 Å². The lowest BCUT2D eigenvalue weighted by molar-refractivity contribution is 0.112. The van der Waals surface area contributed by atoms with Crippen LogP contribution in [0.5, 0.6) is 0 Å². The van der Waals surface area contributed by atoms with Crippen LogP contribution in [0.3, 0.4) is 0 Å². The van der Waals surface area contributed by atoms with Gasteiger partial charge in [0.15, 0.2) is 0 Å². The molecule has 1 N–H and O–H groups in total. The Kier molecular flexibility index (Phi) is 3.33. The zero-order valence-electron chi connectivity index (χ0n) is 10.7. The number of hydrogen-bond donors (Lipinski definition) is 1. The van der Waals surface area contributed by atoms with Crippen LogP contribution in [0.2, 0.25) is 0 Å². The van der Waals surface area contributed by atoms with Gasteiger partial charge < -0.3 is 5.32 Å². The molecular formula is C15H12N4O. The third kappa shape index (κ3) is 2.47. The molecule has 0 aliphatic heterocycles. The lowest BCUT2D eigenvalue weighted by atomic mass is 10.1. The molecule has 98 valence electrons. The topological polar surface area (TPSA) is 67.8 Å². The summed E-state index contributed by atoms with van der Waals surface area (Å²) in [5, 5.41) is 4.05. The van der Waals surface area contributed by atoms with Crippen molar-refractivity contribution < 1.29 is 4.79 Å². The van der Waals surface area contributed by atoms with Crippen molar-refractivity contribution in [3.05, 3.63) is 60.2 Å². The Hall–Kier alpha value is -2.82. The van der Waals surface area contributed by atoms with Crippen LogP contribution in [0.15, 0.2) is 48.9 Å². The van der Waals surface area contributed by atoms with Gasteiger partial charge in [0.25, 0.3) is 0 Å². The van der Waals surface area contributed by atoms with Crippen molar-refractivity contribution in [1.29, 1.82) is 0 Å². The van der Waals surface area contributed by atoms with Gasteiger partial charge in [0, 0.05) is 17.1 Å². The number of carbonyl (C=O) groups excluding carboxylic acids is 1. The molecule has 5 nitrogen and oxygen atoms in total. The largest absolute Gasteiger partial charge is 0.364 e. The van der Waals surface area contributed by atoms with Crippen molar-refractivity contribution in [2.24, 2.45) is 0 Å². The quantitative estimate of drug-likeness (QED) is 0.733. The number of aromatic nitrogens is 3. The zero-order chi connectivity index (χ0) is 13.8. The summed E-state index contributed by atoms with van der Waals surface area (Å²) in [7, 11) is 0. The van der Waals surface area contributed by atoms with Crippen LogP contribution in [0, 0.1) is 0 Å². The van der Waals surface area contributed by atoms with Gasteiger partial charge in [0.1, 0.15) is 18.4 Å². The van der Waals surface area contributed by atoms with Crippen LogP contribution in [0.1, 0.15) is 16.1 Å². The van der Waals surface area contributed by atoms with E-state index in [4.69, 9.17) is 0 Å². The molecular weight excluding hydrogens is 252 g/mol. The second kappa shape index (κ2) is 5.44. The summed E-state index contributed by atoms with van der Waals surface area (Å²) in [6.07, 6.45) is 4.07. The average molecular weight is 264 g/mol. The number of pyridine rings is 1. The number of aldehydes is 1. The van der Waals surface area contributed by atoms with Gasteiger partial charge in [-0.15, -0.1) is 0 Å². The van der Waals surface area contributed by atoms with E-state index in [1.54, 1.807) is 18.3 Å². The smallest absolute Gasteiger partial charge is 0.150 e. The summed E-state index contributed by atoms with van der Waals surface area (Å²) >= 11 is 0. The number of rotatable bonds is 4. The Bertz CT molecular complexity index is 743. The standard InChI is InChI=1S/C15H12N4O/c20-9-11-4-5-14-13(7-11)15(19-10-18-14)17-8-12-3-1-2-6-16-12/h1-7,9-10H,8H2,(H,17,18,19). The second-order valence-corrected chi connectivity index (χ2v) is 4.29. The number of hydrogen-bond acceptors (Lipinski definition) is 5. The molecule has 0 unspecified atom stereocenters. The maximum absolute atomic E-state index is 10.9. The number of nitrogens with one attached hydrogen (secondary N) is 1. The molecule has 0 fully saturated rings. The minimum absolute atomic E-state index is 0.568. The van der Waals surface area contributed by atoms with Crippen molar-refractivity contribution >= 4 is 23.0 Å². The van der Waals surface area contributed by atoms with Gasteiger partial charge in [-0.2, -0.15) is 0 Å². The number of fused-ring (bicyclic) bond motifs is 1. The summed E-state index contributed by atoms with van der Waals surface area (Å²) < 4.78 is 0. The van der Waals surface area contributed by atoms with Crippen molar-refractivity contribution in [2.75, 3.05) is 5.32 Å². The van der Waals surface area contributed by atoms with E-state index in [1.807, 2.05) is 24.3 Å². The molecule has 0 radical (unpaired) electrons. The summed E-state index contributed by atoms with van der Waals surface area (Å²) in [6, 6.07) is 11.1. The molecule has 5 heteroatoms. The molecule has 3 rings (SSSR count). The third-order valence-electron chi connectivity index (χ3n) is 2.96. The lowest BCUT2D eigenvalue weighted by Crippen LogP contribution is -2.04. The summed E-state index contributed by atoms with van der Waals surface area (Å²) in [6.45, 7) is 0.568. The minimum atomic E-state index is 0.568. The molecule has 1 aromatic carbocycles. The molecule has 0 aliphatic carbocycles. The minimum Gasteiger partial charge on any atom is -0.364 e. The van der Waals surface area contributed by atoms with Crippen molar-refractivity contribution in [3.63, 3.8) is 0 Å². The molecule has 2 aromatic heterocycles. The van der Waals surface area contributed by atoms with Gasteiger partial charge in [-0.25, -0.2) is 9.97 Å². The van der Waals surface area contributed by atoms with Gasteiger partial charge in [0.2, 0.25) is 0 Å². The number of benzene rings is 1. The van der Waals surface area contributed by atoms with Crippen LogP contribution in [-0.4, -0.2) is 21.2 Å². The normalized spacial score (nSPS) is 10.4. The van der Waals surface area contributed by atoms with Crippen molar-refractivity contribution in [1.82, 2.24) is 15.0 Å². The summed E-state index contributed by atoms with van der Waals surface area (Å²) in [4.78, 5) is 23.5. The van der Waals surface area contributed by atoms with E-state index in [1.165, 1.54) is 6.33 Å².